The van der Waals surface area contributed by atoms with Crippen LogP contribution in [0.1, 0.15) is 38.8 Å². The number of benzene rings is 1. The van der Waals surface area contributed by atoms with E-state index in [1.54, 1.807) is 32.9 Å². The molecule has 1 atom stereocenters. The number of ether oxygens (including phenoxy) is 1. The van der Waals surface area contributed by atoms with E-state index in [2.05, 4.69) is 4.72 Å². The summed E-state index contributed by atoms with van der Waals surface area (Å²) in [5.74, 6) is -0.602. The monoisotopic (exact) mass is 313 g/mol. The Morgan fingerprint density at radius 2 is 1.76 bits per heavy atom. The fourth-order valence-electron chi connectivity index (χ4n) is 1.62. The van der Waals surface area contributed by atoms with Gasteiger partial charge in [-0.2, -0.15) is 4.72 Å². The first-order valence-corrected chi connectivity index (χ1v) is 8.23. The van der Waals surface area contributed by atoms with Crippen molar-refractivity contribution < 1.29 is 17.9 Å². The lowest BCUT2D eigenvalue weighted by molar-refractivity contribution is -0.156. The van der Waals surface area contributed by atoms with Crippen molar-refractivity contribution in [3.05, 3.63) is 29.3 Å². The molecule has 0 saturated carbocycles. The van der Waals surface area contributed by atoms with Crippen molar-refractivity contribution in [2.75, 3.05) is 0 Å². The van der Waals surface area contributed by atoms with Crippen molar-refractivity contribution in [2.24, 2.45) is 0 Å². The van der Waals surface area contributed by atoms with Gasteiger partial charge in [-0.15, -0.1) is 0 Å². The molecule has 0 amide bonds. The number of carbonyl (C=O) groups excluding carboxylic acids is 1. The number of hydrogen-bond acceptors (Lipinski definition) is 4. The summed E-state index contributed by atoms with van der Waals surface area (Å²) < 4.78 is 32.0. The smallest absolute Gasteiger partial charge is 0.324 e. The van der Waals surface area contributed by atoms with Crippen molar-refractivity contribution in [3.63, 3.8) is 0 Å². The van der Waals surface area contributed by atoms with Crippen LogP contribution in [0.5, 0.6) is 0 Å². The largest absolute Gasteiger partial charge is 0.459 e. The van der Waals surface area contributed by atoms with E-state index in [4.69, 9.17) is 4.74 Å². The summed E-state index contributed by atoms with van der Waals surface area (Å²) in [6, 6.07) is 3.89. The standard InChI is InChI=1S/C15H23NO4S/c1-10-7-8-13(9-11(10)2)21(18,19)16-12(3)14(17)20-15(4,5)6/h7-9,12,16H,1-6H3/t12-/m1/s1. The number of nitrogens with one attached hydrogen (secondary N) is 1. The first-order valence-electron chi connectivity index (χ1n) is 6.75. The van der Waals surface area contributed by atoms with E-state index in [0.717, 1.165) is 11.1 Å². The number of esters is 1. The summed E-state index contributed by atoms with van der Waals surface area (Å²) in [5, 5.41) is 0. The Kier molecular flexibility index (Phi) is 5.17. The van der Waals surface area contributed by atoms with Crippen LogP contribution in [0.3, 0.4) is 0 Å². The van der Waals surface area contributed by atoms with Crippen molar-refractivity contribution in [1.82, 2.24) is 4.72 Å². The van der Waals surface area contributed by atoms with E-state index in [-0.39, 0.29) is 4.90 Å². The fourth-order valence-corrected chi connectivity index (χ4v) is 2.90. The molecular formula is C15H23NO4S. The van der Waals surface area contributed by atoms with Crippen molar-refractivity contribution in [3.8, 4) is 0 Å². The molecule has 1 aromatic rings. The molecule has 1 rings (SSSR count). The third kappa shape index (κ3) is 5.13. The van der Waals surface area contributed by atoms with Crippen LogP contribution in [0.2, 0.25) is 0 Å². The maximum atomic E-state index is 12.3. The molecule has 0 spiro atoms. The second kappa shape index (κ2) is 6.15. The van der Waals surface area contributed by atoms with Crippen LogP contribution in [0.4, 0.5) is 0 Å². The Hall–Kier alpha value is -1.40. The molecular weight excluding hydrogens is 290 g/mol. The van der Waals surface area contributed by atoms with Gasteiger partial charge in [-0.1, -0.05) is 6.07 Å². The normalized spacial score (nSPS) is 13.8. The summed E-state index contributed by atoms with van der Waals surface area (Å²) in [4.78, 5) is 12.0. The predicted molar refractivity (Wildman–Crippen MR) is 81.5 cm³/mol. The third-order valence-electron chi connectivity index (χ3n) is 2.88. The van der Waals surface area contributed by atoms with Gasteiger partial charge in [0, 0.05) is 0 Å². The minimum Gasteiger partial charge on any atom is -0.459 e. The summed E-state index contributed by atoms with van der Waals surface area (Å²) in [5.41, 5.74) is 1.23. The van der Waals surface area contributed by atoms with Gasteiger partial charge < -0.3 is 4.74 Å². The zero-order valence-electron chi connectivity index (χ0n) is 13.4. The van der Waals surface area contributed by atoms with Crippen LogP contribution < -0.4 is 4.72 Å². The third-order valence-corrected chi connectivity index (χ3v) is 4.42. The summed E-state index contributed by atoms with van der Waals surface area (Å²) in [7, 11) is -3.75. The molecule has 21 heavy (non-hydrogen) atoms. The van der Waals surface area contributed by atoms with Crippen LogP contribution in [0.25, 0.3) is 0 Å². The average Bonchev–Trinajstić information content (AvgIpc) is 2.29. The highest BCUT2D eigenvalue weighted by Gasteiger charge is 2.26. The molecule has 0 radical (unpaired) electrons. The van der Waals surface area contributed by atoms with Gasteiger partial charge in [-0.05, 0) is 64.8 Å². The second-order valence-corrected chi connectivity index (χ2v) is 7.84. The van der Waals surface area contributed by atoms with E-state index in [0.29, 0.717) is 0 Å². The minimum absolute atomic E-state index is 0.140. The molecule has 0 unspecified atom stereocenters. The maximum Gasteiger partial charge on any atom is 0.324 e. The molecule has 0 bridgehead atoms. The molecule has 5 nitrogen and oxygen atoms in total. The molecule has 0 fully saturated rings. The van der Waals surface area contributed by atoms with Crippen LogP contribution in [0, 0.1) is 13.8 Å². The molecule has 0 saturated heterocycles. The van der Waals surface area contributed by atoms with Gasteiger partial charge in [-0.25, -0.2) is 8.42 Å². The van der Waals surface area contributed by atoms with Crippen LogP contribution in [-0.2, 0) is 19.6 Å². The summed E-state index contributed by atoms with van der Waals surface area (Å²) in [6.07, 6.45) is 0. The Morgan fingerprint density at radius 1 is 1.19 bits per heavy atom. The highest BCUT2D eigenvalue weighted by molar-refractivity contribution is 7.89. The van der Waals surface area contributed by atoms with E-state index in [1.165, 1.54) is 13.0 Å². The van der Waals surface area contributed by atoms with Gasteiger partial charge in [0.15, 0.2) is 0 Å². The number of carbonyl (C=O) groups is 1. The Morgan fingerprint density at radius 3 is 2.24 bits per heavy atom. The molecule has 0 heterocycles. The van der Waals surface area contributed by atoms with Gasteiger partial charge in [0.2, 0.25) is 10.0 Å². The quantitative estimate of drug-likeness (QED) is 0.866. The van der Waals surface area contributed by atoms with Gasteiger partial charge in [0.05, 0.1) is 4.90 Å². The van der Waals surface area contributed by atoms with E-state index in [9.17, 15) is 13.2 Å². The van der Waals surface area contributed by atoms with Crippen LogP contribution in [-0.4, -0.2) is 26.0 Å². The van der Waals surface area contributed by atoms with Crippen molar-refractivity contribution in [2.45, 2.75) is 58.1 Å². The Balaban J connectivity index is 2.89. The topological polar surface area (TPSA) is 72.5 Å². The lowest BCUT2D eigenvalue weighted by Gasteiger charge is -2.22. The number of hydrogen-bond donors (Lipinski definition) is 1. The predicted octanol–water partition coefficient (Wildman–Crippen LogP) is 2.31. The van der Waals surface area contributed by atoms with E-state index >= 15 is 0 Å². The zero-order chi connectivity index (χ0) is 16.4. The van der Waals surface area contributed by atoms with E-state index in [1.807, 2.05) is 13.8 Å². The first kappa shape index (κ1) is 17.7. The minimum atomic E-state index is -3.75. The molecule has 118 valence electrons. The molecule has 1 aromatic carbocycles. The van der Waals surface area contributed by atoms with Gasteiger partial charge in [-0.3, -0.25) is 4.79 Å². The van der Waals surface area contributed by atoms with E-state index < -0.39 is 27.6 Å². The summed E-state index contributed by atoms with van der Waals surface area (Å²) in [6.45, 7) is 10.4. The maximum absolute atomic E-state index is 12.3. The number of aryl methyl sites for hydroxylation is 2. The van der Waals surface area contributed by atoms with Crippen molar-refractivity contribution in [1.29, 1.82) is 0 Å². The number of rotatable bonds is 4. The van der Waals surface area contributed by atoms with Crippen LogP contribution >= 0.6 is 0 Å². The zero-order valence-corrected chi connectivity index (χ0v) is 14.2. The molecule has 0 aliphatic rings. The average molecular weight is 313 g/mol. The van der Waals surface area contributed by atoms with Crippen LogP contribution in [0.15, 0.2) is 23.1 Å². The SMILES string of the molecule is Cc1ccc(S(=O)(=O)N[C@H](C)C(=O)OC(C)(C)C)cc1C. The highest BCUT2D eigenvalue weighted by atomic mass is 32.2. The lowest BCUT2D eigenvalue weighted by Crippen LogP contribution is -2.42. The Labute approximate surface area is 126 Å². The molecule has 0 aliphatic carbocycles. The fraction of sp³-hybridized carbons (Fsp3) is 0.533. The van der Waals surface area contributed by atoms with Crippen molar-refractivity contribution >= 4 is 16.0 Å². The molecule has 1 N–H and O–H groups in total. The number of sulfonamides is 1. The van der Waals surface area contributed by atoms with Gasteiger partial charge in [0.25, 0.3) is 0 Å². The van der Waals surface area contributed by atoms with Gasteiger partial charge >= 0.3 is 5.97 Å². The summed E-state index contributed by atoms with van der Waals surface area (Å²) >= 11 is 0. The second-order valence-electron chi connectivity index (χ2n) is 6.12. The Bertz CT molecular complexity index is 630. The molecule has 0 aromatic heterocycles. The van der Waals surface area contributed by atoms with Gasteiger partial charge in [0.1, 0.15) is 11.6 Å². The molecule has 6 heteroatoms. The first-order chi connectivity index (χ1) is 9.42. The highest BCUT2D eigenvalue weighted by Crippen LogP contribution is 2.15. The lowest BCUT2D eigenvalue weighted by atomic mass is 10.1. The molecule has 0 aliphatic heterocycles.